The standard InChI is InChI=1S/C67H104O5/c1-4-7-10-13-16-19-22-25-28-31-33-35-38-41-44-47-50-53-56-59-62-70-63-65(72-67(69)61-58-55-52-49-46-43-40-36-30-27-24-21-18-15-12-9-6-3)64-71-66(68)60-57-54-51-48-45-42-39-37-34-32-29-26-23-20-17-14-11-8-5-2/h8-9,11-12,16-21,25-30,33-35,37,40,42-43,45,49,51-52,54,65H,4-7,10,13-15,22-24,31-32,36,38-39,41,44,46-48,50,53,55-64H2,1-3H3/b11-8-,12-9-,19-16-,20-17-,21-18-,28-25-,29-26-,30-27-,35-33-,37-34-,43-40-,45-42-,52-49-,54-51-. The summed E-state index contributed by atoms with van der Waals surface area (Å²) in [6.45, 7) is 7.38. The molecule has 0 aromatic rings. The first kappa shape index (κ1) is 67.3. The van der Waals surface area contributed by atoms with Gasteiger partial charge in [0.1, 0.15) is 6.61 Å². The van der Waals surface area contributed by atoms with Crippen molar-refractivity contribution >= 4 is 11.9 Å². The molecule has 0 aliphatic carbocycles. The van der Waals surface area contributed by atoms with E-state index in [0.717, 1.165) is 109 Å². The van der Waals surface area contributed by atoms with Crippen LogP contribution in [-0.2, 0) is 23.8 Å². The fraction of sp³-hybridized carbons (Fsp3) is 0.552. The van der Waals surface area contributed by atoms with Gasteiger partial charge >= 0.3 is 11.9 Å². The Balaban J connectivity index is 4.54. The van der Waals surface area contributed by atoms with Gasteiger partial charge in [0.15, 0.2) is 6.10 Å². The highest BCUT2D eigenvalue weighted by Crippen LogP contribution is 2.11. The predicted molar refractivity (Wildman–Crippen MR) is 315 cm³/mol. The lowest BCUT2D eigenvalue weighted by Crippen LogP contribution is -2.30. The highest BCUT2D eigenvalue weighted by atomic mass is 16.6. The molecule has 0 aromatic carbocycles. The van der Waals surface area contributed by atoms with Gasteiger partial charge in [-0.15, -0.1) is 0 Å². The first-order valence-corrected chi connectivity index (χ1v) is 28.7. The zero-order valence-electron chi connectivity index (χ0n) is 46.1. The molecule has 402 valence electrons. The lowest BCUT2D eigenvalue weighted by Gasteiger charge is -2.18. The number of esters is 2. The Morgan fingerprint density at radius 1 is 0.319 bits per heavy atom. The van der Waals surface area contributed by atoms with Crippen LogP contribution in [0.3, 0.4) is 0 Å². The van der Waals surface area contributed by atoms with E-state index in [0.29, 0.717) is 25.9 Å². The van der Waals surface area contributed by atoms with Gasteiger partial charge in [0.25, 0.3) is 0 Å². The summed E-state index contributed by atoms with van der Waals surface area (Å²) in [7, 11) is 0. The largest absolute Gasteiger partial charge is 0.462 e. The molecule has 0 aromatic heterocycles. The lowest BCUT2D eigenvalue weighted by atomic mass is 10.1. The maximum Gasteiger partial charge on any atom is 0.306 e. The summed E-state index contributed by atoms with van der Waals surface area (Å²) >= 11 is 0. The second kappa shape index (κ2) is 60.6. The molecular weight excluding hydrogens is 885 g/mol. The average molecular weight is 990 g/mol. The normalized spacial score (nSPS) is 13.5. The van der Waals surface area contributed by atoms with Gasteiger partial charge in [-0.2, -0.15) is 0 Å². The van der Waals surface area contributed by atoms with Crippen LogP contribution in [0.1, 0.15) is 213 Å². The number of rotatable bonds is 50. The minimum Gasteiger partial charge on any atom is -0.462 e. The van der Waals surface area contributed by atoms with Crippen molar-refractivity contribution in [2.24, 2.45) is 0 Å². The maximum atomic E-state index is 12.8. The smallest absolute Gasteiger partial charge is 0.306 e. The number of carbonyl (C=O) groups is 2. The Hall–Kier alpha value is -4.74. The van der Waals surface area contributed by atoms with Crippen LogP contribution in [0, 0.1) is 0 Å². The molecule has 0 N–H and O–H groups in total. The van der Waals surface area contributed by atoms with E-state index in [2.05, 4.69) is 185 Å². The molecule has 72 heavy (non-hydrogen) atoms. The summed E-state index contributed by atoms with van der Waals surface area (Å²) in [5.41, 5.74) is 0. The quantitative estimate of drug-likeness (QED) is 0.0345. The molecule has 0 heterocycles. The average Bonchev–Trinajstić information content (AvgIpc) is 3.38. The first-order valence-electron chi connectivity index (χ1n) is 28.7. The first-order chi connectivity index (χ1) is 35.6. The number of hydrogen-bond acceptors (Lipinski definition) is 5. The Labute approximate surface area is 443 Å². The van der Waals surface area contributed by atoms with Crippen LogP contribution in [0.15, 0.2) is 170 Å². The topological polar surface area (TPSA) is 61.8 Å². The molecule has 0 spiro atoms. The summed E-state index contributed by atoms with van der Waals surface area (Å²) in [6, 6.07) is 0. The van der Waals surface area contributed by atoms with E-state index >= 15 is 0 Å². The van der Waals surface area contributed by atoms with E-state index in [4.69, 9.17) is 14.2 Å². The molecule has 0 aliphatic rings. The minimum atomic E-state index is -0.617. The highest BCUT2D eigenvalue weighted by Gasteiger charge is 2.17. The van der Waals surface area contributed by atoms with Gasteiger partial charge in [-0.1, -0.05) is 236 Å². The van der Waals surface area contributed by atoms with Crippen LogP contribution in [0.5, 0.6) is 0 Å². The maximum absolute atomic E-state index is 12.8. The van der Waals surface area contributed by atoms with Crippen molar-refractivity contribution in [2.45, 2.75) is 219 Å². The van der Waals surface area contributed by atoms with Crippen molar-refractivity contribution in [1.29, 1.82) is 0 Å². The van der Waals surface area contributed by atoms with Gasteiger partial charge in [0.2, 0.25) is 0 Å². The van der Waals surface area contributed by atoms with Crippen molar-refractivity contribution in [3.8, 4) is 0 Å². The monoisotopic (exact) mass is 989 g/mol. The van der Waals surface area contributed by atoms with Gasteiger partial charge in [0.05, 0.1) is 6.61 Å². The SMILES string of the molecule is CC/C=C\C/C=C\C/C=C\C/C=C\C/C=C\C/C=C\CCC(=O)OCC(COCCCCCCCCC/C=C\C/C=C\C/C=C\CCCCC)OC(=O)CCC/C=C\C/C=C\C/C=C\C/C=C\C/C=C\CC. The molecule has 0 fully saturated rings. The molecule has 0 aliphatic heterocycles. The molecule has 0 saturated heterocycles. The molecular formula is C67H104O5. The van der Waals surface area contributed by atoms with Gasteiger partial charge in [-0.05, 0) is 135 Å². The van der Waals surface area contributed by atoms with Gasteiger partial charge in [0, 0.05) is 19.4 Å². The number of hydrogen-bond donors (Lipinski definition) is 0. The summed E-state index contributed by atoms with van der Waals surface area (Å²) < 4.78 is 17.3. The van der Waals surface area contributed by atoms with Crippen molar-refractivity contribution in [1.82, 2.24) is 0 Å². The summed E-state index contributed by atoms with van der Waals surface area (Å²) in [6.07, 6.45) is 91.0. The van der Waals surface area contributed by atoms with E-state index in [1.807, 2.05) is 6.08 Å². The van der Waals surface area contributed by atoms with Crippen molar-refractivity contribution < 1.29 is 23.8 Å². The Kier molecular flexibility index (Phi) is 56.6. The van der Waals surface area contributed by atoms with Gasteiger partial charge in [-0.25, -0.2) is 0 Å². The Bertz CT molecular complexity index is 1640. The summed E-state index contributed by atoms with van der Waals surface area (Å²) in [5.74, 6) is -0.581. The van der Waals surface area contributed by atoms with Gasteiger partial charge in [-0.3, -0.25) is 9.59 Å². The van der Waals surface area contributed by atoms with Crippen LogP contribution in [0.25, 0.3) is 0 Å². The third-order valence-corrected chi connectivity index (χ3v) is 11.2. The van der Waals surface area contributed by atoms with Crippen LogP contribution < -0.4 is 0 Å². The highest BCUT2D eigenvalue weighted by molar-refractivity contribution is 5.70. The molecule has 1 atom stereocenters. The molecule has 0 radical (unpaired) electrons. The molecule has 5 nitrogen and oxygen atoms in total. The number of unbranched alkanes of at least 4 members (excludes halogenated alkanes) is 11. The number of ether oxygens (including phenoxy) is 3. The van der Waals surface area contributed by atoms with Crippen molar-refractivity contribution in [3.05, 3.63) is 170 Å². The molecule has 0 amide bonds. The fourth-order valence-corrected chi connectivity index (χ4v) is 7.05. The molecule has 0 saturated carbocycles. The van der Waals surface area contributed by atoms with Crippen LogP contribution in [0.4, 0.5) is 0 Å². The van der Waals surface area contributed by atoms with E-state index in [9.17, 15) is 9.59 Å². The Morgan fingerprint density at radius 3 is 1.06 bits per heavy atom. The van der Waals surface area contributed by atoms with Crippen molar-refractivity contribution in [2.75, 3.05) is 19.8 Å². The van der Waals surface area contributed by atoms with Crippen LogP contribution in [-0.4, -0.2) is 37.9 Å². The van der Waals surface area contributed by atoms with Crippen molar-refractivity contribution in [3.63, 3.8) is 0 Å². The Morgan fingerprint density at radius 2 is 0.653 bits per heavy atom. The molecule has 0 bridgehead atoms. The minimum absolute atomic E-state index is 0.00579. The fourth-order valence-electron chi connectivity index (χ4n) is 7.05. The molecule has 1 unspecified atom stereocenters. The predicted octanol–water partition coefficient (Wildman–Crippen LogP) is 20.0. The number of allylic oxidation sites excluding steroid dienone is 28. The molecule has 0 rings (SSSR count). The van der Waals surface area contributed by atoms with E-state index in [1.54, 1.807) is 0 Å². The van der Waals surface area contributed by atoms with Crippen LogP contribution in [0.2, 0.25) is 0 Å². The number of carbonyl (C=O) groups excluding carboxylic acids is 2. The van der Waals surface area contributed by atoms with E-state index < -0.39 is 6.10 Å². The second-order valence-corrected chi connectivity index (χ2v) is 18.1. The third kappa shape index (κ3) is 57.8. The summed E-state index contributed by atoms with van der Waals surface area (Å²) in [4.78, 5) is 25.5. The van der Waals surface area contributed by atoms with E-state index in [-0.39, 0.29) is 31.6 Å². The van der Waals surface area contributed by atoms with Crippen LogP contribution >= 0.6 is 0 Å². The second-order valence-electron chi connectivity index (χ2n) is 18.1. The lowest BCUT2D eigenvalue weighted by molar-refractivity contribution is -0.162. The molecule has 5 heteroatoms. The third-order valence-electron chi connectivity index (χ3n) is 11.2. The summed E-state index contributed by atoms with van der Waals surface area (Å²) in [5, 5.41) is 0. The zero-order valence-corrected chi connectivity index (χ0v) is 46.1. The zero-order chi connectivity index (χ0) is 52.0. The van der Waals surface area contributed by atoms with E-state index in [1.165, 1.54) is 57.8 Å². The van der Waals surface area contributed by atoms with Gasteiger partial charge < -0.3 is 14.2 Å².